The molecular formula is C81H84Cl6N16O4Sn. The van der Waals surface area contributed by atoms with Crippen LogP contribution in [0.4, 0.5) is 45.5 Å². The van der Waals surface area contributed by atoms with Crippen LogP contribution < -0.4 is 32.7 Å². The molecule has 0 atom stereocenters. The fourth-order valence-corrected chi connectivity index (χ4v) is 14.2. The van der Waals surface area contributed by atoms with Crippen molar-refractivity contribution in [2.75, 3.05) is 60.9 Å². The molecule has 0 unspecified atom stereocenters. The van der Waals surface area contributed by atoms with Crippen molar-refractivity contribution in [3.63, 3.8) is 0 Å². The monoisotopic (exact) mass is 1670 g/mol. The molecule has 558 valence electrons. The normalized spacial score (nSPS) is 13.4. The maximum atomic E-state index is 11.1. The number of hydrogen-bond donors (Lipinski definition) is 6. The molecule has 4 saturated carbocycles. The number of nitro benzene ring substituents is 2. The summed E-state index contributed by atoms with van der Waals surface area (Å²) in [4.78, 5) is 40.2. The molecule has 0 amide bonds. The number of nitrogens with one attached hydrogen (secondary N) is 4. The van der Waals surface area contributed by atoms with Gasteiger partial charge in [-0.2, -0.15) is 0 Å². The third-order valence-electron chi connectivity index (χ3n) is 19.1. The van der Waals surface area contributed by atoms with Gasteiger partial charge in [-0.15, -0.1) is 0 Å². The van der Waals surface area contributed by atoms with E-state index in [2.05, 4.69) is 79.8 Å². The van der Waals surface area contributed by atoms with Crippen molar-refractivity contribution >= 4 is 129 Å². The number of halogens is 6. The van der Waals surface area contributed by atoms with Gasteiger partial charge in [0.05, 0.1) is 102 Å². The molecule has 16 rings (SSSR count). The van der Waals surface area contributed by atoms with Gasteiger partial charge in [-0.3, -0.25) is 20.2 Å². The second-order valence-electron chi connectivity index (χ2n) is 26.6. The number of rotatable bonds is 22. The molecule has 108 heavy (non-hydrogen) atoms. The summed E-state index contributed by atoms with van der Waals surface area (Å²) >= 11 is 24.9. The Balaban J connectivity index is 0.000000141. The summed E-state index contributed by atoms with van der Waals surface area (Å²) in [5.74, 6) is 2.11. The topological polar surface area (TPSA) is 258 Å². The molecule has 8 N–H and O–H groups in total. The van der Waals surface area contributed by atoms with Crippen molar-refractivity contribution in [2.45, 2.75) is 109 Å². The van der Waals surface area contributed by atoms with Crippen LogP contribution in [0.1, 0.15) is 127 Å². The number of aromatic nitrogens is 8. The Morgan fingerprint density at radius 1 is 0.407 bits per heavy atom. The van der Waals surface area contributed by atoms with Gasteiger partial charge in [-0.05, 0) is 134 Å². The average molecular weight is 1680 g/mol. The quantitative estimate of drug-likeness (QED) is 0.0160. The van der Waals surface area contributed by atoms with E-state index in [9.17, 15) is 20.2 Å². The Kier molecular flexibility index (Phi) is 27.2. The molecule has 0 aliphatic heterocycles. The van der Waals surface area contributed by atoms with E-state index in [4.69, 9.17) is 85.7 Å². The van der Waals surface area contributed by atoms with E-state index in [-0.39, 0.29) is 28.6 Å². The van der Waals surface area contributed by atoms with E-state index in [0.717, 1.165) is 139 Å². The van der Waals surface area contributed by atoms with E-state index in [0.29, 0.717) is 58.2 Å². The Labute approximate surface area is 666 Å². The van der Waals surface area contributed by atoms with Gasteiger partial charge in [-0.25, -0.2) is 19.9 Å². The number of nitro groups is 2. The van der Waals surface area contributed by atoms with E-state index < -0.39 is 18.9 Å². The van der Waals surface area contributed by atoms with Crippen molar-refractivity contribution < 1.29 is 9.85 Å². The molecule has 4 aliphatic carbocycles. The van der Waals surface area contributed by atoms with Crippen LogP contribution in [-0.4, -0.2) is 95.1 Å². The van der Waals surface area contributed by atoms with Gasteiger partial charge in [0, 0.05) is 134 Å². The molecule has 4 heterocycles. The first-order chi connectivity index (χ1) is 51.9. The first kappa shape index (κ1) is 79.8. The predicted octanol–water partition coefficient (Wildman–Crippen LogP) is 21.3. The fourth-order valence-electron chi connectivity index (χ4n) is 13.3. The Morgan fingerprint density at radius 2 is 0.685 bits per heavy atom. The van der Waals surface area contributed by atoms with E-state index in [1.165, 1.54) is 54.3 Å². The summed E-state index contributed by atoms with van der Waals surface area (Å²) in [5, 5.41) is 37.3. The Bertz CT molecular complexity index is 5140. The number of anilines is 6. The van der Waals surface area contributed by atoms with Crippen molar-refractivity contribution in [3.05, 3.63) is 281 Å². The Hall–Kier alpha value is -9.26. The molecule has 20 nitrogen and oxygen atoms in total. The van der Waals surface area contributed by atoms with Gasteiger partial charge in [0.2, 0.25) is 0 Å². The van der Waals surface area contributed by atoms with Gasteiger partial charge in [-0.1, -0.05) is 151 Å². The zero-order valence-electron chi connectivity index (χ0n) is 59.3. The number of nitrogens with two attached hydrogens (primary N) is 2. The third kappa shape index (κ3) is 19.2. The summed E-state index contributed by atoms with van der Waals surface area (Å²) in [6.07, 6.45) is 17.0. The standard InChI is InChI=1S/2C20H19ClN4O2.2C20H21ClN4.CH4.2ClH.Sn/c1-22-17-10-13(6-9-18(17)25(26)27)11-24-12-23-19(20(24)14-7-8-14)15-4-2-3-5-16(15)21;1-22-17-10-13(6-9-18(17)25(26)27)11-24-12-23-19(14-7-8-14)20(24)15-4-2-3-5-16(15)21;1-23-18-10-13(6-9-17(18)22)11-25-12-24-19(20(25)14-7-8-14)15-4-2-3-5-16(15)21;1-23-18-10-13(6-9-17(18)22)11-25-12-24-19(14-7-8-14)20(25)15-4-2-3-5-16(15)21;;;;/h2*2-6,9-10,12,14,22H,7-8,11H2,1H3;2*2-6,9-10,12,14,23H,7-8,11,22H2,1H3;1H4;2*1H;/q;;;;;;;+2/p-2. The number of nitrogens with zero attached hydrogens (tertiary/aromatic N) is 10. The fraction of sp³-hybridized carbons (Fsp3) is 0.259. The molecule has 0 bridgehead atoms. The van der Waals surface area contributed by atoms with Crippen molar-refractivity contribution in [1.29, 1.82) is 0 Å². The zero-order valence-corrected chi connectivity index (χ0v) is 66.7. The van der Waals surface area contributed by atoms with E-state index in [1.807, 2.05) is 155 Å². The average Bonchev–Trinajstić information content (AvgIpc) is 1.64. The van der Waals surface area contributed by atoms with Crippen LogP contribution in [0.2, 0.25) is 20.1 Å². The van der Waals surface area contributed by atoms with Gasteiger partial charge >= 0.3 is 36.7 Å². The number of benzene rings is 8. The minimum atomic E-state index is -0.826. The summed E-state index contributed by atoms with van der Waals surface area (Å²) in [5.41, 5.74) is 33.6. The molecule has 12 aromatic rings. The molecular weight excluding hydrogens is 1590 g/mol. The van der Waals surface area contributed by atoms with Crippen molar-refractivity contribution in [1.82, 2.24) is 38.2 Å². The predicted molar refractivity (Wildman–Crippen MR) is 445 cm³/mol. The molecule has 0 spiro atoms. The molecule has 4 aliphatic rings. The molecule has 2 radical (unpaired) electrons. The summed E-state index contributed by atoms with van der Waals surface area (Å²) < 4.78 is 8.66. The van der Waals surface area contributed by atoms with Gasteiger partial charge < -0.3 is 51.0 Å². The third-order valence-corrected chi connectivity index (χ3v) is 20.4. The van der Waals surface area contributed by atoms with Crippen LogP contribution in [0.25, 0.3) is 45.0 Å². The Morgan fingerprint density at radius 3 is 0.981 bits per heavy atom. The maximum absolute atomic E-state index is 11.1. The molecule has 4 fully saturated rings. The van der Waals surface area contributed by atoms with Gasteiger partial charge in [0.15, 0.2) is 0 Å². The van der Waals surface area contributed by atoms with Crippen LogP contribution in [0.15, 0.2) is 195 Å². The van der Waals surface area contributed by atoms with Gasteiger partial charge in [0.1, 0.15) is 11.4 Å². The molecule has 4 aromatic heterocycles. The van der Waals surface area contributed by atoms with Gasteiger partial charge in [0.25, 0.3) is 11.4 Å². The summed E-state index contributed by atoms with van der Waals surface area (Å²) in [6.45, 7) is 2.68. The first-order valence-corrected chi connectivity index (χ1v) is 43.8. The molecule has 27 heteroatoms. The van der Waals surface area contributed by atoms with Crippen molar-refractivity contribution in [3.8, 4) is 45.0 Å². The van der Waals surface area contributed by atoms with Crippen LogP contribution in [0.5, 0.6) is 0 Å². The SMILES string of the molecule is C.CNc1cc(Cn2cnc(-c3ccccc3Cl)c2C2CC2)ccc1N.CNc1cc(Cn2cnc(-c3ccccc3Cl)c2C2CC2)ccc1[N+](=O)[O-].CNc1cc(Cn2cnc(C3CC3)c2-c2ccccc2Cl)ccc1N.CNc1cc(Cn2cnc(C3CC3)c2-c2ccccc2Cl)ccc1[N+](=O)[O-].[Cl][Sn][Cl]. The summed E-state index contributed by atoms with van der Waals surface area (Å²) in [7, 11) is 17.0. The second kappa shape index (κ2) is 36.8. The zero-order chi connectivity index (χ0) is 75.4. The van der Waals surface area contributed by atoms with E-state index in [1.54, 1.807) is 32.3 Å². The van der Waals surface area contributed by atoms with E-state index >= 15 is 0 Å². The number of hydrogen-bond acceptors (Lipinski definition) is 14. The number of nitrogen functional groups attached to an aromatic ring is 2. The minimum absolute atomic E-state index is 0. The second-order valence-corrected chi connectivity index (χ2v) is 32.4. The van der Waals surface area contributed by atoms with Crippen LogP contribution in [0, 0.1) is 20.2 Å². The molecule has 8 aromatic carbocycles. The van der Waals surface area contributed by atoms with Crippen molar-refractivity contribution in [2.24, 2.45) is 0 Å². The van der Waals surface area contributed by atoms with Crippen LogP contribution in [0.3, 0.4) is 0 Å². The number of imidazole rings is 4. The van der Waals surface area contributed by atoms with Crippen LogP contribution in [-0.2, 0) is 26.2 Å². The first-order valence-electron chi connectivity index (χ1n) is 35.1. The van der Waals surface area contributed by atoms with Crippen LogP contribution >= 0.6 is 64.2 Å². The summed E-state index contributed by atoms with van der Waals surface area (Å²) in [6, 6.07) is 54.0. The molecule has 0 saturated heterocycles.